The van der Waals surface area contributed by atoms with Gasteiger partial charge in [0.2, 0.25) is 0 Å². The lowest BCUT2D eigenvalue weighted by atomic mass is 10.0. The smallest absolute Gasteiger partial charge is 0.127 e. The van der Waals surface area contributed by atoms with Gasteiger partial charge >= 0.3 is 0 Å². The predicted molar refractivity (Wildman–Crippen MR) is 60.7 cm³/mol. The van der Waals surface area contributed by atoms with Crippen LogP contribution in [-0.4, -0.2) is 0 Å². The van der Waals surface area contributed by atoms with Crippen molar-refractivity contribution in [1.82, 2.24) is 0 Å². The summed E-state index contributed by atoms with van der Waals surface area (Å²) in [5, 5.41) is 0. The lowest BCUT2D eigenvalue weighted by Gasteiger charge is -2.14. The summed E-state index contributed by atoms with van der Waals surface area (Å²) in [7, 11) is 0. The summed E-state index contributed by atoms with van der Waals surface area (Å²) < 4.78 is 13.9. The van der Waals surface area contributed by atoms with Crippen molar-refractivity contribution in [2.45, 2.75) is 32.7 Å². The Labute approximate surface area is 92.6 Å². The highest BCUT2D eigenvalue weighted by molar-refractivity contribution is 9.10. The molecule has 0 fully saturated rings. The van der Waals surface area contributed by atoms with E-state index in [1.54, 1.807) is 6.92 Å². The summed E-state index contributed by atoms with van der Waals surface area (Å²) in [5.41, 5.74) is 7.61. The molecule has 0 heterocycles. The number of hydrogen-bond donors (Lipinski definition) is 1. The summed E-state index contributed by atoms with van der Waals surface area (Å²) >= 11 is 3.33. The second kappa shape index (κ2) is 4.89. The van der Waals surface area contributed by atoms with Gasteiger partial charge in [-0.1, -0.05) is 35.3 Å². The minimum Gasteiger partial charge on any atom is -0.324 e. The fourth-order valence-corrected chi connectivity index (χ4v) is 2.04. The summed E-state index contributed by atoms with van der Waals surface area (Å²) in [5.74, 6) is -0.190. The fraction of sp³-hybridized carbons (Fsp3) is 0.455. The molecule has 0 aliphatic carbocycles. The maximum atomic E-state index is 13.1. The van der Waals surface area contributed by atoms with Gasteiger partial charge in [-0.05, 0) is 30.5 Å². The van der Waals surface area contributed by atoms with Crippen LogP contribution < -0.4 is 5.73 Å². The van der Waals surface area contributed by atoms with Crippen LogP contribution >= 0.6 is 15.9 Å². The van der Waals surface area contributed by atoms with Gasteiger partial charge < -0.3 is 5.73 Å². The largest absolute Gasteiger partial charge is 0.324 e. The van der Waals surface area contributed by atoms with Crippen molar-refractivity contribution in [3.63, 3.8) is 0 Å². The average molecular weight is 260 g/mol. The highest BCUT2D eigenvalue weighted by Crippen LogP contribution is 2.27. The lowest BCUT2D eigenvalue weighted by Crippen LogP contribution is -2.11. The van der Waals surface area contributed by atoms with Crippen molar-refractivity contribution < 1.29 is 4.39 Å². The number of aryl methyl sites for hydroxylation is 1. The second-order valence-corrected chi connectivity index (χ2v) is 4.37. The molecule has 14 heavy (non-hydrogen) atoms. The Balaban J connectivity index is 3.02. The molecule has 0 radical (unpaired) electrons. The van der Waals surface area contributed by atoms with Crippen LogP contribution in [0.25, 0.3) is 0 Å². The van der Waals surface area contributed by atoms with E-state index in [-0.39, 0.29) is 11.9 Å². The zero-order chi connectivity index (χ0) is 10.7. The van der Waals surface area contributed by atoms with Gasteiger partial charge in [0.15, 0.2) is 0 Å². The Morgan fingerprint density at radius 3 is 2.71 bits per heavy atom. The maximum absolute atomic E-state index is 13.1. The topological polar surface area (TPSA) is 26.0 Å². The van der Waals surface area contributed by atoms with Crippen LogP contribution in [0.2, 0.25) is 0 Å². The van der Waals surface area contributed by atoms with E-state index in [1.807, 2.05) is 6.07 Å². The van der Waals surface area contributed by atoms with Crippen LogP contribution in [0.1, 0.15) is 36.9 Å². The SMILES string of the molecule is CCC[C@@H](N)c1cc(C)c(F)cc1Br. The molecule has 1 aromatic carbocycles. The van der Waals surface area contributed by atoms with Crippen LogP contribution in [0, 0.1) is 12.7 Å². The quantitative estimate of drug-likeness (QED) is 0.881. The van der Waals surface area contributed by atoms with Crippen LogP contribution in [0.3, 0.4) is 0 Å². The fourth-order valence-electron chi connectivity index (χ4n) is 1.43. The standard InChI is InChI=1S/C11H15BrFN/c1-3-4-11(14)8-5-7(2)10(13)6-9(8)12/h5-6,11H,3-4,14H2,1-2H3/t11-/m1/s1. The van der Waals surface area contributed by atoms with E-state index in [9.17, 15) is 4.39 Å². The van der Waals surface area contributed by atoms with Crippen molar-refractivity contribution in [2.24, 2.45) is 5.73 Å². The molecule has 0 bridgehead atoms. The first-order valence-electron chi connectivity index (χ1n) is 4.77. The van der Waals surface area contributed by atoms with Crippen LogP contribution in [0.4, 0.5) is 4.39 Å². The van der Waals surface area contributed by atoms with Gasteiger partial charge in [-0.15, -0.1) is 0 Å². The molecule has 2 N–H and O–H groups in total. The molecule has 1 rings (SSSR count). The van der Waals surface area contributed by atoms with Gasteiger partial charge in [0.25, 0.3) is 0 Å². The summed E-state index contributed by atoms with van der Waals surface area (Å²) in [6, 6.07) is 3.30. The lowest BCUT2D eigenvalue weighted by molar-refractivity contribution is 0.605. The first kappa shape index (κ1) is 11.7. The van der Waals surface area contributed by atoms with Gasteiger partial charge in [0.05, 0.1) is 0 Å². The maximum Gasteiger partial charge on any atom is 0.127 e. The molecule has 0 aromatic heterocycles. The van der Waals surface area contributed by atoms with Gasteiger partial charge in [-0.25, -0.2) is 4.39 Å². The van der Waals surface area contributed by atoms with Crippen LogP contribution in [0.5, 0.6) is 0 Å². The van der Waals surface area contributed by atoms with E-state index < -0.39 is 0 Å². The number of hydrogen-bond acceptors (Lipinski definition) is 1. The van der Waals surface area contributed by atoms with Crippen molar-refractivity contribution in [1.29, 1.82) is 0 Å². The highest BCUT2D eigenvalue weighted by atomic mass is 79.9. The van der Waals surface area contributed by atoms with E-state index in [0.717, 1.165) is 22.9 Å². The molecule has 1 nitrogen and oxygen atoms in total. The Kier molecular flexibility index (Phi) is 4.08. The average Bonchev–Trinajstić information content (AvgIpc) is 2.11. The third-order valence-electron chi connectivity index (χ3n) is 2.28. The van der Waals surface area contributed by atoms with Gasteiger partial charge in [-0.2, -0.15) is 0 Å². The van der Waals surface area contributed by atoms with E-state index in [2.05, 4.69) is 22.9 Å². The normalized spacial score (nSPS) is 12.9. The number of rotatable bonds is 3. The van der Waals surface area contributed by atoms with E-state index in [1.165, 1.54) is 6.07 Å². The minimum atomic E-state index is -0.190. The predicted octanol–water partition coefficient (Wildman–Crippen LogP) is 3.70. The second-order valence-electron chi connectivity index (χ2n) is 3.52. The Morgan fingerprint density at radius 1 is 1.50 bits per heavy atom. The molecule has 3 heteroatoms. The molecule has 0 aliphatic heterocycles. The Bertz CT molecular complexity index is 325. The van der Waals surface area contributed by atoms with Gasteiger partial charge in [0, 0.05) is 10.5 Å². The number of benzene rings is 1. The van der Waals surface area contributed by atoms with Crippen molar-refractivity contribution in [3.05, 3.63) is 33.5 Å². The third kappa shape index (κ3) is 2.55. The molecule has 0 unspecified atom stereocenters. The van der Waals surface area contributed by atoms with Gasteiger partial charge in [-0.3, -0.25) is 0 Å². The van der Waals surface area contributed by atoms with Gasteiger partial charge in [0.1, 0.15) is 5.82 Å². The van der Waals surface area contributed by atoms with E-state index >= 15 is 0 Å². The molecular formula is C11H15BrFN. The molecule has 0 aliphatic rings. The summed E-state index contributed by atoms with van der Waals surface area (Å²) in [6.07, 6.45) is 1.95. The van der Waals surface area contributed by atoms with Crippen molar-refractivity contribution >= 4 is 15.9 Å². The van der Waals surface area contributed by atoms with Crippen molar-refractivity contribution in [2.75, 3.05) is 0 Å². The first-order valence-corrected chi connectivity index (χ1v) is 5.56. The van der Waals surface area contributed by atoms with Crippen LogP contribution in [-0.2, 0) is 0 Å². The Hall–Kier alpha value is -0.410. The molecule has 0 saturated carbocycles. The molecule has 78 valence electrons. The van der Waals surface area contributed by atoms with Crippen molar-refractivity contribution in [3.8, 4) is 0 Å². The molecular weight excluding hydrogens is 245 g/mol. The summed E-state index contributed by atoms with van der Waals surface area (Å²) in [4.78, 5) is 0. The minimum absolute atomic E-state index is 0.00586. The third-order valence-corrected chi connectivity index (χ3v) is 2.96. The van der Waals surface area contributed by atoms with E-state index in [4.69, 9.17) is 5.73 Å². The zero-order valence-corrected chi connectivity index (χ0v) is 10.1. The first-order chi connectivity index (χ1) is 6.56. The molecule has 0 saturated heterocycles. The molecule has 1 atom stereocenters. The molecule has 0 amide bonds. The number of halogens is 2. The molecule has 0 spiro atoms. The monoisotopic (exact) mass is 259 g/mol. The molecule has 1 aromatic rings. The Morgan fingerprint density at radius 2 is 2.14 bits per heavy atom. The highest BCUT2D eigenvalue weighted by Gasteiger charge is 2.11. The summed E-state index contributed by atoms with van der Waals surface area (Å²) in [6.45, 7) is 3.84. The zero-order valence-electron chi connectivity index (χ0n) is 8.48. The number of nitrogens with two attached hydrogens (primary N) is 1. The van der Waals surface area contributed by atoms with E-state index in [0.29, 0.717) is 5.56 Å². The van der Waals surface area contributed by atoms with Crippen LogP contribution in [0.15, 0.2) is 16.6 Å².